The monoisotopic (exact) mass is 208 g/mol. The van der Waals surface area contributed by atoms with Gasteiger partial charge in [0.2, 0.25) is 0 Å². The molecule has 0 N–H and O–H groups in total. The van der Waals surface area contributed by atoms with Crippen molar-refractivity contribution in [2.24, 2.45) is 0 Å². The molecule has 2 heterocycles. The highest BCUT2D eigenvalue weighted by Crippen LogP contribution is 2.12. The van der Waals surface area contributed by atoms with E-state index in [1.165, 1.54) is 0 Å². The number of aryl methyl sites for hydroxylation is 2. The van der Waals surface area contributed by atoms with Gasteiger partial charge in [0.25, 0.3) is 0 Å². The van der Waals surface area contributed by atoms with Gasteiger partial charge in [-0.25, -0.2) is 4.98 Å². The molecule has 0 saturated heterocycles. The van der Waals surface area contributed by atoms with Crippen molar-refractivity contribution in [1.29, 1.82) is 0 Å². The van der Waals surface area contributed by atoms with Crippen molar-refractivity contribution in [3.63, 3.8) is 0 Å². The molecule has 0 aliphatic heterocycles. The van der Waals surface area contributed by atoms with Crippen LogP contribution in [0, 0.1) is 13.8 Å². The van der Waals surface area contributed by atoms with Crippen LogP contribution in [-0.4, -0.2) is 9.97 Å². The smallest absolute Gasteiger partial charge is 0.198 e. The van der Waals surface area contributed by atoms with Gasteiger partial charge >= 0.3 is 0 Å². The Morgan fingerprint density at radius 1 is 1.07 bits per heavy atom. The molecule has 3 nitrogen and oxygen atoms in total. The molecule has 0 aromatic carbocycles. The highest BCUT2D eigenvalue weighted by Gasteiger charge is 2.01. The molecule has 0 aliphatic rings. The molecule has 0 fully saturated rings. The first-order valence-electron chi connectivity index (χ1n) is 5.45. The van der Waals surface area contributed by atoms with E-state index in [1.807, 2.05) is 47.6 Å². The molecule has 0 atom stereocenters. The summed E-state index contributed by atoms with van der Waals surface area (Å²) in [6.07, 6.45) is 1.78. The SMILES string of the molecule is CC.CC.Cc1cnc2nc(C)oc2c1. The largest absolute Gasteiger partial charge is 0.439 e. The number of aromatic nitrogens is 2. The summed E-state index contributed by atoms with van der Waals surface area (Å²) in [7, 11) is 0. The average molecular weight is 208 g/mol. The van der Waals surface area contributed by atoms with Gasteiger partial charge in [0.15, 0.2) is 17.1 Å². The van der Waals surface area contributed by atoms with E-state index >= 15 is 0 Å². The third-order valence-electron chi connectivity index (χ3n) is 1.49. The Bertz CT molecular complexity index is 393. The lowest BCUT2D eigenvalue weighted by atomic mass is 10.3. The Labute approximate surface area is 91.5 Å². The van der Waals surface area contributed by atoms with Crippen LogP contribution in [0.4, 0.5) is 0 Å². The first-order chi connectivity index (χ1) is 7.25. The second kappa shape index (κ2) is 6.98. The minimum Gasteiger partial charge on any atom is -0.439 e. The third-order valence-corrected chi connectivity index (χ3v) is 1.49. The Kier molecular flexibility index (Phi) is 6.34. The number of oxazole rings is 1. The van der Waals surface area contributed by atoms with Gasteiger partial charge in [-0.3, -0.25) is 0 Å². The molecule has 84 valence electrons. The van der Waals surface area contributed by atoms with E-state index < -0.39 is 0 Å². The molecule has 3 heteroatoms. The van der Waals surface area contributed by atoms with Gasteiger partial charge in [-0.05, 0) is 18.6 Å². The number of nitrogens with zero attached hydrogens (tertiary/aromatic N) is 2. The normalized spacial score (nSPS) is 8.67. The van der Waals surface area contributed by atoms with Crippen molar-refractivity contribution in [2.45, 2.75) is 41.5 Å². The molecular weight excluding hydrogens is 188 g/mol. The zero-order valence-electron chi connectivity index (χ0n) is 10.5. The van der Waals surface area contributed by atoms with Crippen LogP contribution in [0.25, 0.3) is 11.2 Å². The molecular formula is C12H20N2O. The van der Waals surface area contributed by atoms with E-state index in [0.717, 1.165) is 11.1 Å². The Morgan fingerprint density at radius 3 is 2.27 bits per heavy atom. The summed E-state index contributed by atoms with van der Waals surface area (Å²) in [5, 5.41) is 0. The first kappa shape index (κ1) is 13.6. The fourth-order valence-electron chi connectivity index (χ4n) is 1.03. The molecule has 2 aromatic rings. The fraction of sp³-hybridized carbons (Fsp3) is 0.500. The number of fused-ring (bicyclic) bond motifs is 1. The standard InChI is InChI=1S/C8H8N2O.2C2H6/c1-5-3-7-8(9-4-5)10-6(2)11-7;2*1-2/h3-4H,1-2H3;2*1-2H3. The van der Waals surface area contributed by atoms with Crippen LogP contribution in [0.15, 0.2) is 16.7 Å². The molecule has 0 aliphatic carbocycles. The molecule has 0 unspecified atom stereocenters. The van der Waals surface area contributed by atoms with Crippen LogP contribution < -0.4 is 0 Å². The minimum absolute atomic E-state index is 0.665. The highest BCUT2D eigenvalue weighted by molar-refractivity contribution is 5.67. The summed E-state index contributed by atoms with van der Waals surface area (Å²) in [6.45, 7) is 11.8. The van der Waals surface area contributed by atoms with Crippen molar-refractivity contribution >= 4 is 11.2 Å². The molecule has 0 amide bonds. The van der Waals surface area contributed by atoms with Crippen LogP contribution >= 0.6 is 0 Å². The molecule has 2 aromatic heterocycles. The zero-order chi connectivity index (χ0) is 11.8. The van der Waals surface area contributed by atoms with Gasteiger partial charge in [0, 0.05) is 13.1 Å². The third kappa shape index (κ3) is 3.70. The van der Waals surface area contributed by atoms with Crippen LogP contribution in [0.2, 0.25) is 0 Å². The molecule has 0 bridgehead atoms. The molecule has 0 saturated carbocycles. The van der Waals surface area contributed by atoms with E-state index in [9.17, 15) is 0 Å². The van der Waals surface area contributed by atoms with E-state index in [2.05, 4.69) is 9.97 Å². The fourth-order valence-corrected chi connectivity index (χ4v) is 1.03. The molecule has 0 spiro atoms. The number of hydrogen-bond acceptors (Lipinski definition) is 3. The summed E-state index contributed by atoms with van der Waals surface area (Å²) < 4.78 is 5.28. The summed E-state index contributed by atoms with van der Waals surface area (Å²) in [5.74, 6) is 0.665. The first-order valence-corrected chi connectivity index (χ1v) is 5.45. The van der Waals surface area contributed by atoms with Crippen LogP contribution in [0.5, 0.6) is 0 Å². The summed E-state index contributed by atoms with van der Waals surface area (Å²) >= 11 is 0. The van der Waals surface area contributed by atoms with E-state index in [0.29, 0.717) is 11.5 Å². The minimum atomic E-state index is 0.665. The van der Waals surface area contributed by atoms with Crippen molar-refractivity contribution < 1.29 is 4.42 Å². The number of rotatable bonds is 0. The van der Waals surface area contributed by atoms with Gasteiger partial charge < -0.3 is 4.42 Å². The van der Waals surface area contributed by atoms with E-state index in [1.54, 1.807) is 6.20 Å². The zero-order valence-corrected chi connectivity index (χ0v) is 10.5. The lowest BCUT2D eigenvalue weighted by Gasteiger charge is -1.86. The summed E-state index contributed by atoms with van der Waals surface area (Å²) in [6, 6.07) is 1.93. The Hall–Kier alpha value is -1.38. The van der Waals surface area contributed by atoms with Crippen molar-refractivity contribution in [3.05, 3.63) is 23.7 Å². The van der Waals surface area contributed by atoms with Crippen molar-refractivity contribution in [2.75, 3.05) is 0 Å². The van der Waals surface area contributed by atoms with E-state index in [4.69, 9.17) is 4.42 Å². The lowest BCUT2D eigenvalue weighted by Crippen LogP contribution is -1.77. The average Bonchev–Trinajstić information content (AvgIpc) is 2.63. The maximum atomic E-state index is 5.28. The lowest BCUT2D eigenvalue weighted by molar-refractivity contribution is 0.561. The van der Waals surface area contributed by atoms with Crippen LogP contribution in [0.1, 0.15) is 39.1 Å². The van der Waals surface area contributed by atoms with Crippen LogP contribution in [-0.2, 0) is 0 Å². The predicted molar refractivity (Wildman–Crippen MR) is 64.0 cm³/mol. The molecule has 0 radical (unpaired) electrons. The predicted octanol–water partition coefficient (Wildman–Crippen LogP) is 3.89. The summed E-state index contributed by atoms with van der Waals surface area (Å²) in [5.41, 5.74) is 2.55. The highest BCUT2D eigenvalue weighted by atomic mass is 16.3. The van der Waals surface area contributed by atoms with Crippen LogP contribution in [0.3, 0.4) is 0 Å². The molecule has 15 heavy (non-hydrogen) atoms. The Morgan fingerprint density at radius 2 is 1.67 bits per heavy atom. The van der Waals surface area contributed by atoms with Gasteiger partial charge in [0.1, 0.15) is 0 Å². The maximum Gasteiger partial charge on any atom is 0.198 e. The molecule has 2 rings (SSSR count). The van der Waals surface area contributed by atoms with Gasteiger partial charge in [-0.1, -0.05) is 27.7 Å². The van der Waals surface area contributed by atoms with E-state index in [-0.39, 0.29) is 0 Å². The van der Waals surface area contributed by atoms with Gasteiger partial charge in [-0.2, -0.15) is 4.98 Å². The second-order valence-electron chi connectivity index (χ2n) is 2.57. The quantitative estimate of drug-likeness (QED) is 0.659. The van der Waals surface area contributed by atoms with Crippen molar-refractivity contribution in [3.8, 4) is 0 Å². The number of pyridine rings is 1. The maximum absolute atomic E-state index is 5.28. The second-order valence-corrected chi connectivity index (χ2v) is 2.57. The summed E-state index contributed by atoms with van der Waals surface area (Å²) in [4.78, 5) is 8.17. The topological polar surface area (TPSA) is 38.9 Å². The Balaban J connectivity index is 0.000000442. The number of hydrogen-bond donors (Lipinski definition) is 0. The van der Waals surface area contributed by atoms with Crippen molar-refractivity contribution in [1.82, 2.24) is 9.97 Å². The van der Waals surface area contributed by atoms with Gasteiger partial charge in [0.05, 0.1) is 0 Å². The van der Waals surface area contributed by atoms with Gasteiger partial charge in [-0.15, -0.1) is 0 Å².